The van der Waals surface area contributed by atoms with E-state index in [1.165, 1.54) is 18.6 Å². The molecular weight excluding hydrogens is 208 g/mol. The summed E-state index contributed by atoms with van der Waals surface area (Å²) in [5.74, 6) is 0.842. The van der Waals surface area contributed by atoms with E-state index in [4.69, 9.17) is 4.42 Å². The zero-order valence-electron chi connectivity index (χ0n) is 8.89. The number of anilines is 1. The first kappa shape index (κ1) is 10.3. The molecule has 0 aliphatic carbocycles. The van der Waals surface area contributed by atoms with Crippen molar-refractivity contribution in [1.82, 2.24) is 15.0 Å². The van der Waals surface area contributed by atoms with Gasteiger partial charge >= 0.3 is 5.91 Å². The molecule has 2 heterocycles. The molecule has 2 aromatic heterocycles. The topological polar surface area (TPSA) is 80.9 Å². The number of amides is 1. The van der Waals surface area contributed by atoms with E-state index >= 15 is 0 Å². The van der Waals surface area contributed by atoms with Gasteiger partial charge in [0.15, 0.2) is 0 Å². The van der Waals surface area contributed by atoms with Crippen LogP contribution in [-0.2, 0) is 0 Å². The van der Waals surface area contributed by atoms with Crippen LogP contribution in [0.15, 0.2) is 23.0 Å². The van der Waals surface area contributed by atoms with Crippen LogP contribution in [0.1, 0.15) is 22.3 Å². The van der Waals surface area contributed by atoms with Crippen LogP contribution >= 0.6 is 0 Å². The highest BCUT2D eigenvalue weighted by atomic mass is 16.4. The largest absolute Gasteiger partial charge is 0.438 e. The van der Waals surface area contributed by atoms with Gasteiger partial charge in [-0.15, -0.1) is 0 Å². The number of carbonyl (C=O) groups is 1. The van der Waals surface area contributed by atoms with Crippen molar-refractivity contribution in [3.8, 4) is 0 Å². The molecule has 16 heavy (non-hydrogen) atoms. The summed E-state index contributed by atoms with van der Waals surface area (Å²) >= 11 is 0. The van der Waals surface area contributed by atoms with E-state index in [1.807, 2.05) is 0 Å². The Morgan fingerprint density at radius 2 is 1.88 bits per heavy atom. The molecule has 0 saturated carbocycles. The van der Waals surface area contributed by atoms with E-state index in [0.717, 1.165) is 0 Å². The highest BCUT2D eigenvalue weighted by molar-refractivity contribution is 6.00. The Bertz CT molecular complexity index is 504. The van der Waals surface area contributed by atoms with Crippen LogP contribution < -0.4 is 5.32 Å². The van der Waals surface area contributed by atoms with Crippen molar-refractivity contribution < 1.29 is 9.21 Å². The second kappa shape index (κ2) is 4.09. The van der Waals surface area contributed by atoms with E-state index < -0.39 is 5.91 Å². The molecule has 6 nitrogen and oxygen atoms in total. The van der Waals surface area contributed by atoms with Crippen molar-refractivity contribution in [2.45, 2.75) is 13.8 Å². The number of hydrogen-bond donors (Lipinski definition) is 1. The summed E-state index contributed by atoms with van der Waals surface area (Å²) in [6.07, 6.45) is 4.53. The molecule has 6 heteroatoms. The molecule has 0 aromatic carbocycles. The first-order valence-electron chi connectivity index (χ1n) is 4.67. The summed E-state index contributed by atoms with van der Waals surface area (Å²) in [6.45, 7) is 3.49. The Morgan fingerprint density at radius 1 is 1.19 bits per heavy atom. The maximum atomic E-state index is 11.6. The first-order valence-corrected chi connectivity index (χ1v) is 4.67. The number of carbonyl (C=O) groups excluding carboxylic acids is 1. The van der Waals surface area contributed by atoms with Gasteiger partial charge in [0, 0.05) is 0 Å². The zero-order valence-corrected chi connectivity index (χ0v) is 8.89. The van der Waals surface area contributed by atoms with E-state index in [2.05, 4.69) is 20.3 Å². The van der Waals surface area contributed by atoms with Crippen LogP contribution in [0.2, 0.25) is 0 Å². The summed E-state index contributed by atoms with van der Waals surface area (Å²) < 4.78 is 5.08. The quantitative estimate of drug-likeness (QED) is 0.822. The van der Waals surface area contributed by atoms with E-state index in [0.29, 0.717) is 17.3 Å². The average molecular weight is 218 g/mol. The van der Waals surface area contributed by atoms with Gasteiger partial charge < -0.3 is 9.73 Å². The van der Waals surface area contributed by atoms with Crippen molar-refractivity contribution in [3.63, 3.8) is 0 Å². The van der Waals surface area contributed by atoms with Crippen molar-refractivity contribution in [3.05, 3.63) is 36.1 Å². The molecule has 0 saturated heterocycles. The molecule has 0 aliphatic heterocycles. The third-order valence-corrected chi connectivity index (χ3v) is 1.85. The van der Waals surface area contributed by atoms with Crippen LogP contribution in [0.25, 0.3) is 0 Å². The maximum absolute atomic E-state index is 11.6. The summed E-state index contributed by atoms with van der Waals surface area (Å²) in [5, 5.41) is 2.58. The molecule has 0 aliphatic rings. The van der Waals surface area contributed by atoms with E-state index in [1.54, 1.807) is 13.8 Å². The number of aromatic nitrogens is 3. The minimum atomic E-state index is -0.416. The van der Waals surface area contributed by atoms with Crippen LogP contribution in [0.3, 0.4) is 0 Å². The maximum Gasteiger partial charge on any atom is 0.311 e. The molecular formula is C10H10N4O2. The lowest BCUT2D eigenvalue weighted by Crippen LogP contribution is -2.12. The minimum Gasteiger partial charge on any atom is -0.438 e. The molecule has 0 spiro atoms. The fourth-order valence-electron chi connectivity index (χ4n) is 1.10. The fraction of sp³-hybridized carbons (Fsp3) is 0.200. The fourth-order valence-corrected chi connectivity index (χ4v) is 1.10. The number of aryl methyl sites for hydroxylation is 2. The molecule has 0 unspecified atom stereocenters. The van der Waals surface area contributed by atoms with Crippen molar-refractivity contribution in [1.29, 1.82) is 0 Å². The lowest BCUT2D eigenvalue weighted by atomic mass is 10.5. The third kappa shape index (κ3) is 2.22. The van der Waals surface area contributed by atoms with Crippen LogP contribution in [0.4, 0.5) is 5.69 Å². The molecule has 1 amide bonds. The molecule has 2 rings (SSSR count). The monoisotopic (exact) mass is 218 g/mol. The summed E-state index contributed by atoms with van der Waals surface area (Å²) in [7, 11) is 0. The van der Waals surface area contributed by atoms with Crippen LogP contribution in [-0.4, -0.2) is 20.9 Å². The molecule has 0 atom stereocenters. The normalized spacial score (nSPS) is 10.1. The van der Waals surface area contributed by atoms with Gasteiger partial charge in [0.1, 0.15) is 11.6 Å². The number of rotatable bonds is 2. The van der Waals surface area contributed by atoms with Gasteiger partial charge in [-0.25, -0.2) is 15.0 Å². The highest BCUT2D eigenvalue weighted by Gasteiger charge is 2.12. The number of hydrogen-bond acceptors (Lipinski definition) is 5. The minimum absolute atomic E-state index is 0.0260. The van der Waals surface area contributed by atoms with Crippen LogP contribution in [0, 0.1) is 13.8 Å². The Hall–Kier alpha value is -2.24. The zero-order chi connectivity index (χ0) is 11.5. The number of oxazole rings is 1. The summed E-state index contributed by atoms with van der Waals surface area (Å²) in [5.41, 5.74) is 0.506. The smallest absolute Gasteiger partial charge is 0.311 e. The van der Waals surface area contributed by atoms with Gasteiger partial charge in [0.25, 0.3) is 5.89 Å². The Morgan fingerprint density at radius 3 is 2.44 bits per heavy atom. The molecule has 0 fully saturated rings. The second-order valence-corrected chi connectivity index (χ2v) is 3.25. The number of nitrogens with one attached hydrogen (secondary N) is 1. The van der Waals surface area contributed by atoms with Crippen molar-refractivity contribution >= 4 is 11.6 Å². The standard InChI is InChI=1S/C10H10N4O2/c1-6-3-13-10(16-6)9(15)14-8-4-11-7(2)12-5-8/h3-5H,1-2H3,(H,14,15). The lowest BCUT2D eigenvalue weighted by molar-refractivity contribution is 0.0989. The SMILES string of the molecule is Cc1ncc(NC(=O)c2ncc(C)o2)cn1. The van der Waals surface area contributed by atoms with E-state index in [-0.39, 0.29) is 5.89 Å². The van der Waals surface area contributed by atoms with Gasteiger partial charge in [-0.1, -0.05) is 0 Å². The highest BCUT2D eigenvalue weighted by Crippen LogP contribution is 2.07. The Labute approximate surface area is 91.7 Å². The summed E-state index contributed by atoms with van der Waals surface area (Å²) in [6, 6.07) is 0. The van der Waals surface area contributed by atoms with Crippen molar-refractivity contribution in [2.24, 2.45) is 0 Å². The molecule has 82 valence electrons. The van der Waals surface area contributed by atoms with E-state index in [9.17, 15) is 4.79 Å². The van der Waals surface area contributed by atoms with Gasteiger partial charge in [0.2, 0.25) is 0 Å². The average Bonchev–Trinajstić information content (AvgIpc) is 2.68. The molecule has 1 N–H and O–H groups in total. The predicted octanol–water partition coefficient (Wildman–Crippen LogP) is 1.33. The summed E-state index contributed by atoms with van der Waals surface area (Å²) in [4.78, 5) is 23.3. The Balaban J connectivity index is 2.10. The Kier molecular flexibility index (Phi) is 2.63. The third-order valence-electron chi connectivity index (χ3n) is 1.85. The van der Waals surface area contributed by atoms with Gasteiger partial charge in [-0.3, -0.25) is 4.79 Å². The van der Waals surface area contributed by atoms with Gasteiger partial charge in [0.05, 0.1) is 24.3 Å². The predicted molar refractivity (Wildman–Crippen MR) is 56.0 cm³/mol. The molecule has 2 aromatic rings. The van der Waals surface area contributed by atoms with Crippen molar-refractivity contribution in [2.75, 3.05) is 5.32 Å². The lowest BCUT2D eigenvalue weighted by Gasteiger charge is -2.00. The number of nitrogens with zero attached hydrogens (tertiary/aromatic N) is 3. The van der Waals surface area contributed by atoms with Crippen LogP contribution in [0.5, 0.6) is 0 Å². The molecule has 0 radical (unpaired) electrons. The van der Waals surface area contributed by atoms with Gasteiger partial charge in [-0.05, 0) is 13.8 Å². The van der Waals surface area contributed by atoms with Gasteiger partial charge in [-0.2, -0.15) is 0 Å². The first-order chi connectivity index (χ1) is 7.65. The second-order valence-electron chi connectivity index (χ2n) is 3.25. The molecule has 0 bridgehead atoms.